The third-order valence-electron chi connectivity index (χ3n) is 5.37. The molecule has 1 aromatic heterocycles. The van der Waals surface area contributed by atoms with Gasteiger partial charge in [-0.3, -0.25) is 0 Å². The number of carbonyl (C=O) groups excluding carboxylic acids is 1. The van der Waals surface area contributed by atoms with Crippen LogP contribution in [0, 0.1) is 5.92 Å². The van der Waals surface area contributed by atoms with E-state index >= 15 is 0 Å². The number of nitrogens with zero attached hydrogens (tertiary/aromatic N) is 2. The maximum absolute atomic E-state index is 12.5. The molecule has 0 saturated carbocycles. The minimum Gasteiger partial charge on any atom is -0.497 e. The molecule has 6 heteroatoms. The zero-order valence-corrected chi connectivity index (χ0v) is 17.6. The minimum atomic E-state index is -0.181. The van der Waals surface area contributed by atoms with Gasteiger partial charge < -0.3 is 20.3 Å². The lowest BCUT2D eigenvalue weighted by molar-refractivity contribution is 0.232. The van der Waals surface area contributed by atoms with Crippen LogP contribution in [0.5, 0.6) is 5.75 Å². The first kappa shape index (κ1) is 21.0. The van der Waals surface area contributed by atoms with Crippen LogP contribution < -0.4 is 20.3 Å². The van der Waals surface area contributed by atoms with E-state index in [0.29, 0.717) is 6.54 Å². The molecule has 1 atom stereocenters. The van der Waals surface area contributed by atoms with Crippen molar-refractivity contribution < 1.29 is 9.53 Å². The van der Waals surface area contributed by atoms with Gasteiger partial charge in [0.05, 0.1) is 13.2 Å². The van der Waals surface area contributed by atoms with Crippen LogP contribution >= 0.6 is 0 Å². The number of urea groups is 1. The Morgan fingerprint density at radius 3 is 2.41 bits per heavy atom. The van der Waals surface area contributed by atoms with E-state index in [1.165, 1.54) is 19.3 Å². The third kappa shape index (κ3) is 5.86. The van der Waals surface area contributed by atoms with E-state index in [4.69, 9.17) is 4.74 Å². The van der Waals surface area contributed by atoms with Gasteiger partial charge in [0.15, 0.2) is 0 Å². The molecule has 2 heterocycles. The topological polar surface area (TPSA) is 66.5 Å². The van der Waals surface area contributed by atoms with Crippen LogP contribution in [0.15, 0.2) is 42.6 Å². The highest BCUT2D eigenvalue weighted by Gasteiger charge is 2.18. The second kappa shape index (κ2) is 10.1. The van der Waals surface area contributed by atoms with Crippen LogP contribution in [0.25, 0.3) is 0 Å². The van der Waals surface area contributed by atoms with Gasteiger partial charge in [-0.1, -0.05) is 32.0 Å². The number of hydrogen-bond acceptors (Lipinski definition) is 4. The smallest absolute Gasteiger partial charge is 0.315 e. The van der Waals surface area contributed by atoms with Crippen LogP contribution in [0.4, 0.5) is 10.6 Å². The Morgan fingerprint density at radius 1 is 1.10 bits per heavy atom. The maximum Gasteiger partial charge on any atom is 0.315 e. The fourth-order valence-corrected chi connectivity index (χ4v) is 3.65. The minimum absolute atomic E-state index is 0.0690. The number of carbonyl (C=O) groups is 1. The van der Waals surface area contributed by atoms with Gasteiger partial charge >= 0.3 is 6.03 Å². The van der Waals surface area contributed by atoms with Crippen LogP contribution in [-0.4, -0.2) is 31.2 Å². The molecular formula is C23H32N4O2. The number of piperidine rings is 1. The molecule has 2 aromatic rings. The summed E-state index contributed by atoms with van der Waals surface area (Å²) < 4.78 is 5.22. The number of rotatable bonds is 7. The first-order valence-electron chi connectivity index (χ1n) is 10.4. The Labute approximate surface area is 173 Å². The molecule has 0 bridgehead atoms. The second-order valence-corrected chi connectivity index (χ2v) is 7.89. The summed E-state index contributed by atoms with van der Waals surface area (Å²) in [5.41, 5.74) is 2.05. The van der Waals surface area contributed by atoms with E-state index in [9.17, 15) is 4.79 Å². The van der Waals surface area contributed by atoms with Crippen molar-refractivity contribution in [2.75, 3.05) is 25.1 Å². The average Bonchev–Trinajstić information content (AvgIpc) is 2.77. The van der Waals surface area contributed by atoms with Gasteiger partial charge in [0, 0.05) is 25.8 Å². The summed E-state index contributed by atoms with van der Waals surface area (Å²) in [7, 11) is 1.65. The Bertz CT molecular complexity index is 768. The van der Waals surface area contributed by atoms with Crippen LogP contribution in [0.3, 0.4) is 0 Å². The quantitative estimate of drug-likeness (QED) is 0.733. The molecular weight excluding hydrogens is 364 g/mol. The SMILES string of the molecule is COc1ccc(C(NC(=O)NCc2ccc(N3CCCCC3)nc2)C(C)C)cc1. The number of pyridine rings is 1. The van der Waals surface area contributed by atoms with Gasteiger partial charge in [-0.25, -0.2) is 9.78 Å². The van der Waals surface area contributed by atoms with Crippen LogP contribution in [0.2, 0.25) is 0 Å². The second-order valence-electron chi connectivity index (χ2n) is 7.89. The fourth-order valence-electron chi connectivity index (χ4n) is 3.65. The molecule has 1 aliphatic heterocycles. The van der Waals surface area contributed by atoms with Gasteiger partial charge in [0.2, 0.25) is 0 Å². The standard InChI is InChI=1S/C23H32N4O2/c1-17(2)22(19-8-10-20(29-3)11-9-19)26-23(28)25-16-18-7-12-21(24-15-18)27-13-5-4-6-14-27/h7-12,15,17,22H,4-6,13-14,16H2,1-3H3,(H2,25,26,28). The highest BCUT2D eigenvalue weighted by atomic mass is 16.5. The third-order valence-corrected chi connectivity index (χ3v) is 5.37. The van der Waals surface area contributed by atoms with Crippen molar-refractivity contribution in [1.82, 2.24) is 15.6 Å². The predicted octanol–water partition coefficient (Wildman–Crippen LogP) is 4.28. The first-order chi connectivity index (χ1) is 14.1. The summed E-state index contributed by atoms with van der Waals surface area (Å²) in [5, 5.41) is 6.03. The summed E-state index contributed by atoms with van der Waals surface area (Å²) in [6.07, 6.45) is 5.63. The molecule has 2 N–H and O–H groups in total. The van der Waals surface area contributed by atoms with E-state index in [-0.39, 0.29) is 18.0 Å². The number of methoxy groups -OCH3 is 1. The van der Waals surface area contributed by atoms with Crippen molar-refractivity contribution in [3.63, 3.8) is 0 Å². The Hall–Kier alpha value is -2.76. The molecule has 1 unspecified atom stereocenters. The first-order valence-corrected chi connectivity index (χ1v) is 10.4. The molecule has 1 aromatic carbocycles. The average molecular weight is 397 g/mol. The van der Waals surface area contributed by atoms with Crippen molar-refractivity contribution in [2.45, 2.75) is 45.7 Å². The van der Waals surface area contributed by atoms with E-state index < -0.39 is 0 Å². The van der Waals surface area contributed by atoms with E-state index in [1.54, 1.807) is 7.11 Å². The number of aromatic nitrogens is 1. The lowest BCUT2D eigenvalue weighted by atomic mass is 9.96. The number of benzene rings is 1. The van der Waals surface area contributed by atoms with Crippen molar-refractivity contribution in [2.24, 2.45) is 5.92 Å². The molecule has 0 aliphatic carbocycles. The van der Waals surface area contributed by atoms with E-state index in [1.807, 2.05) is 36.5 Å². The number of nitrogens with one attached hydrogen (secondary N) is 2. The van der Waals surface area contributed by atoms with E-state index in [0.717, 1.165) is 35.8 Å². The summed E-state index contributed by atoms with van der Waals surface area (Å²) in [4.78, 5) is 19.4. The monoisotopic (exact) mass is 396 g/mol. The summed E-state index contributed by atoms with van der Waals surface area (Å²) in [5.74, 6) is 2.10. The Balaban J connectivity index is 1.53. The van der Waals surface area contributed by atoms with Crippen molar-refractivity contribution in [1.29, 1.82) is 0 Å². The number of hydrogen-bond donors (Lipinski definition) is 2. The van der Waals surface area contributed by atoms with Gasteiger partial charge in [0.1, 0.15) is 11.6 Å². The van der Waals surface area contributed by atoms with Crippen molar-refractivity contribution in [3.05, 3.63) is 53.7 Å². The highest BCUT2D eigenvalue weighted by molar-refractivity contribution is 5.74. The van der Waals surface area contributed by atoms with Crippen LogP contribution in [0.1, 0.15) is 50.3 Å². The van der Waals surface area contributed by atoms with Gasteiger partial charge in [-0.05, 0) is 54.5 Å². The van der Waals surface area contributed by atoms with Crippen molar-refractivity contribution >= 4 is 11.8 Å². The van der Waals surface area contributed by atoms with Gasteiger partial charge in [0.25, 0.3) is 0 Å². The molecule has 1 aliphatic rings. The highest BCUT2D eigenvalue weighted by Crippen LogP contribution is 2.24. The summed E-state index contributed by atoms with van der Waals surface area (Å²) in [6, 6.07) is 11.7. The van der Waals surface area contributed by atoms with Crippen LogP contribution in [-0.2, 0) is 6.54 Å². The molecule has 156 valence electrons. The molecule has 1 fully saturated rings. The normalized spacial score (nSPS) is 15.1. The lowest BCUT2D eigenvalue weighted by Gasteiger charge is -2.27. The molecule has 6 nitrogen and oxygen atoms in total. The zero-order chi connectivity index (χ0) is 20.6. The molecule has 29 heavy (non-hydrogen) atoms. The lowest BCUT2D eigenvalue weighted by Crippen LogP contribution is -2.39. The largest absolute Gasteiger partial charge is 0.497 e. The van der Waals surface area contributed by atoms with Crippen molar-refractivity contribution in [3.8, 4) is 5.75 Å². The maximum atomic E-state index is 12.5. The summed E-state index contributed by atoms with van der Waals surface area (Å²) in [6.45, 7) is 6.80. The molecule has 3 rings (SSSR count). The summed E-state index contributed by atoms with van der Waals surface area (Å²) >= 11 is 0. The molecule has 0 radical (unpaired) electrons. The number of ether oxygens (including phenoxy) is 1. The fraction of sp³-hybridized carbons (Fsp3) is 0.478. The molecule has 1 saturated heterocycles. The Kier molecular flexibility index (Phi) is 7.33. The molecule has 2 amide bonds. The van der Waals surface area contributed by atoms with Gasteiger partial charge in [-0.15, -0.1) is 0 Å². The predicted molar refractivity (Wildman–Crippen MR) is 116 cm³/mol. The zero-order valence-electron chi connectivity index (χ0n) is 17.6. The molecule has 0 spiro atoms. The van der Waals surface area contributed by atoms with Gasteiger partial charge in [-0.2, -0.15) is 0 Å². The number of amides is 2. The Morgan fingerprint density at radius 2 is 1.83 bits per heavy atom. The van der Waals surface area contributed by atoms with E-state index in [2.05, 4.69) is 40.4 Å². The number of anilines is 1.